The van der Waals surface area contributed by atoms with Crippen LogP contribution in [0.4, 0.5) is 0 Å². The van der Waals surface area contributed by atoms with Gasteiger partial charge < -0.3 is 15.3 Å². The van der Waals surface area contributed by atoms with Gasteiger partial charge in [0.05, 0.1) is 29.8 Å². The van der Waals surface area contributed by atoms with Gasteiger partial charge in [-0.2, -0.15) is 0 Å². The van der Waals surface area contributed by atoms with Gasteiger partial charge in [-0.1, -0.05) is 43.2 Å². The largest absolute Gasteiger partial charge is 0.347 e. The first kappa shape index (κ1) is 24.4. The number of nitrogens with zero attached hydrogens (tertiary/aromatic N) is 3. The van der Waals surface area contributed by atoms with Gasteiger partial charge in [-0.3, -0.25) is 9.79 Å². The molecule has 2 aliphatic heterocycles. The van der Waals surface area contributed by atoms with Gasteiger partial charge in [0.25, 0.3) is 5.91 Å². The van der Waals surface area contributed by atoms with E-state index in [2.05, 4.69) is 47.0 Å². The molecule has 6 heteroatoms. The number of amides is 1. The lowest BCUT2D eigenvalue weighted by atomic mass is 9.97. The third kappa shape index (κ3) is 6.37. The van der Waals surface area contributed by atoms with Crippen LogP contribution in [0.2, 0.25) is 0 Å². The lowest BCUT2D eigenvalue weighted by Gasteiger charge is -2.27. The van der Waals surface area contributed by atoms with Gasteiger partial charge >= 0.3 is 0 Å². The van der Waals surface area contributed by atoms with E-state index in [1.54, 1.807) is 6.33 Å². The zero-order chi connectivity index (χ0) is 23.6. The molecule has 6 nitrogen and oxygen atoms in total. The lowest BCUT2D eigenvalue weighted by Crippen LogP contribution is -2.37. The topological polar surface area (TPSA) is 85.2 Å². The Kier molecular flexibility index (Phi) is 8.93. The first-order valence-electron chi connectivity index (χ1n) is 11.8. The molecule has 1 amide bonds. The molecule has 2 N–H and O–H groups in total. The SMILES string of the molecule is C/C=C(\C=C/C(CCCC)=C(/C=N)C(=O)N1CCc2nc[nH]c2C1)C1=N\C=C/C=C(\C)CC\1. The standard InChI is InChI=1S/C27H35N5O/c1-4-6-9-22(12-11-21(5-2)24-13-10-20(3)8-7-15-29-24)23(17-28)27(33)32-16-14-25-26(18-32)31-19-30-25/h5,7-8,11-12,15,17,19,28H,4,6,9-10,13-14,16,18H2,1-3H3,(H,30,31)/b12-11-,15-7-,20-8+,21-5+,23-22-,28-17?,29-24-. The third-order valence-electron chi connectivity index (χ3n) is 6.14. The molecule has 0 aliphatic carbocycles. The molecule has 0 saturated heterocycles. The van der Waals surface area contributed by atoms with Crippen molar-refractivity contribution >= 4 is 17.8 Å². The highest BCUT2D eigenvalue weighted by molar-refractivity contribution is 6.12. The minimum Gasteiger partial charge on any atom is -0.347 e. The highest BCUT2D eigenvalue weighted by atomic mass is 16.2. The number of hydrogen-bond acceptors (Lipinski definition) is 4. The molecule has 0 atom stereocenters. The van der Waals surface area contributed by atoms with Crippen LogP contribution in [0.1, 0.15) is 64.3 Å². The molecule has 0 unspecified atom stereocenters. The number of H-pyrrole nitrogens is 1. The summed E-state index contributed by atoms with van der Waals surface area (Å²) in [6, 6.07) is 0. The molecule has 0 fully saturated rings. The summed E-state index contributed by atoms with van der Waals surface area (Å²) in [6.45, 7) is 7.42. The summed E-state index contributed by atoms with van der Waals surface area (Å²) >= 11 is 0. The fraction of sp³-hybridized carbons (Fsp3) is 0.407. The van der Waals surface area contributed by atoms with Gasteiger partial charge in [-0.15, -0.1) is 0 Å². The van der Waals surface area contributed by atoms with Crippen molar-refractivity contribution < 1.29 is 4.79 Å². The number of imidazole rings is 1. The normalized spacial score (nSPS) is 21.8. The molecule has 0 aromatic carbocycles. The quantitative estimate of drug-likeness (QED) is 0.309. The molecular weight excluding hydrogens is 410 g/mol. The van der Waals surface area contributed by atoms with E-state index in [-0.39, 0.29) is 5.91 Å². The molecule has 3 heterocycles. The molecule has 2 aliphatic rings. The Bertz CT molecular complexity index is 1050. The summed E-state index contributed by atoms with van der Waals surface area (Å²) in [7, 11) is 0. The number of aromatic amines is 1. The summed E-state index contributed by atoms with van der Waals surface area (Å²) < 4.78 is 0. The number of aliphatic imine (C=N–C) groups is 1. The van der Waals surface area contributed by atoms with Crippen LogP contribution < -0.4 is 0 Å². The number of carbonyl (C=O) groups is 1. The number of allylic oxidation sites excluding steroid dienone is 8. The van der Waals surface area contributed by atoms with E-state index < -0.39 is 0 Å². The van der Waals surface area contributed by atoms with E-state index in [0.717, 1.165) is 66.8 Å². The van der Waals surface area contributed by atoms with Crippen molar-refractivity contribution in [1.82, 2.24) is 14.9 Å². The first-order chi connectivity index (χ1) is 16.1. The predicted molar refractivity (Wildman–Crippen MR) is 136 cm³/mol. The van der Waals surface area contributed by atoms with Gasteiger partial charge in [0.1, 0.15) is 0 Å². The molecule has 0 radical (unpaired) electrons. The second-order valence-electron chi connectivity index (χ2n) is 8.50. The Labute approximate surface area is 197 Å². The second kappa shape index (κ2) is 12.1. The van der Waals surface area contributed by atoms with Crippen LogP contribution in [0.5, 0.6) is 0 Å². The monoisotopic (exact) mass is 445 g/mol. The fourth-order valence-electron chi connectivity index (χ4n) is 4.09. The maximum Gasteiger partial charge on any atom is 0.256 e. The summed E-state index contributed by atoms with van der Waals surface area (Å²) in [4.78, 5) is 27.3. The van der Waals surface area contributed by atoms with Crippen LogP contribution >= 0.6 is 0 Å². The Balaban J connectivity index is 1.86. The zero-order valence-corrected chi connectivity index (χ0v) is 20.0. The first-order valence-corrected chi connectivity index (χ1v) is 11.8. The van der Waals surface area contributed by atoms with Crippen LogP contribution in [0.25, 0.3) is 0 Å². The summed E-state index contributed by atoms with van der Waals surface area (Å²) in [5, 5.41) is 8.05. The van der Waals surface area contributed by atoms with Crippen LogP contribution in [0.3, 0.4) is 0 Å². The van der Waals surface area contributed by atoms with E-state index in [1.165, 1.54) is 11.8 Å². The minimum atomic E-state index is -0.0879. The highest BCUT2D eigenvalue weighted by Gasteiger charge is 2.25. The maximum absolute atomic E-state index is 13.4. The number of carbonyl (C=O) groups excluding carboxylic acids is 1. The van der Waals surface area contributed by atoms with Crippen molar-refractivity contribution in [2.24, 2.45) is 4.99 Å². The molecule has 174 valence electrons. The molecule has 1 aromatic rings. The van der Waals surface area contributed by atoms with E-state index in [9.17, 15) is 4.79 Å². The third-order valence-corrected chi connectivity index (χ3v) is 6.14. The van der Waals surface area contributed by atoms with E-state index in [0.29, 0.717) is 18.7 Å². The average molecular weight is 446 g/mol. The van der Waals surface area contributed by atoms with Crippen LogP contribution in [0, 0.1) is 5.41 Å². The zero-order valence-electron chi connectivity index (χ0n) is 20.0. The van der Waals surface area contributed by atoms with Gasteiger partial charge in [-0.05, 0) is 56.8 Å². The fourth-order valence-corrected chi connectivity index (χ4v) is 4.09. The lowest BCUT2D eigenvalue weighted by molar-refractivity contribution is -0.127. The molecule has 0 spiro atoms. The molecular formula is C27H35N5O. The minimum absolute atomic E-state index is 0.0879. The Morgan fingerprint density at radius 3 is 2.88 bits per heavy atom. The molecule has 0 bridgehead atoms. The Morgan fingerprint density at radius 2 is 2.12 bits per heavy atom. The van der Waals surface area contributed by atoms with E-state index in [4.69, 9.17) is 5.41 Å². The van der Waals surface area contributed by atoms with Crippen LogP contribution in [-0.2, 0) is 17.8 Å². The van der Waals surface area contributed by atoms with Crippen molar-refractivity contribution in [1.29, 1.82) is 5.41 Å². The molecule has 1 aromatic heterocycles. The van der Waals surface area contributed by atoms with Gasteiger partial charge in [0, 0.05) is 31.1 Å². The number of rotatable bonds is 8. The maximum atomic E-state index is 13.4. The second-order valence-corrected chi connectivity index (χ2v) is 8.50. The van der Waals surface area contributed by atoms with Crippen molar-refractivity contribution in [3.63, 3.8) is 0 Å². The predicted octanol–water partition coefficient (Wildman–Crippen LogP) is 5.63. The van der Waals surface area contributed by atoms with Crippen LogP contribution in [-0.4, -0.2) is 39.2 Å². The van der Waals surface area contributed by atoms with Crippen molar-refractivity contribution in [2.45, 2.75) is 65.8 Å². The highest BCUT2D eigenvalue weighted by Crippen LogP contribution is 2.22. The van der Waals surface area contributed by atoms with Gasteiger partial charge in [0.2, 0.25) is 0 Å². The number of nitrogens with one attached hydrogen (secondary N) is 2. The van der Waals surface area contributed by atoms with Crippen molar-refractivity contribution in [3.8, 4) is 0 Å². The molecule has 33 heavy (non-hydrogen) atoms. The van der Waals surface area contributed by atoms with Gasteiger partial charge in [-0.25, -0.2) is 4.98 Å². The Hall–Kier alpha value is -3.28. The Morgan fingerprint density at radius 1 is 1.27 bits per heavy atom. The summed E-state index contributed by atoms with van der Waals surface area (Å²) in [6.07, 6.45) is 20.3. The van der Waals surface area contributed by atoms with Gasteiger partial charge in [0.15, 0.2) is 0 Å². The van der Waals surface area contributed by atoms with Crippen LogP contribution in [0.15, 0.2) is 70.2 Å². The molecule has 3 rings (SSSR count). The summed E-state index contributed by atoms with van der Waals surface area (Å²) in [5.74, 6) is -0.0879. The van der Waals surface area contributed by atoms with Crippen molar-refractivity contribution in [3.05, 3.63) is 76.6 Å². The number of hydrogen-bond donors (Lipinski definition) is 2. The van der Waals surface area contributed by atoms with Crippen molar-refractivity contribution in [2.75, 3.05) is 6.54 Å². The molecule has 0 saturated carbocycles. The van der Waals surface area contributed by atoms with E-state index >= 15 is 0 Å². The number of fused-ring (bicyclic) bond motifs is 1. The summed E-state index contributed by atoms with van der Waals surface area (Å²) in [5.41, 5.74) is 6.82. The smallest absolute Gasteiger partial charge is 0.256 e. The number of aromatic nitrogens is 2. The average Bonchev–Trinajstić information content (AvgIpc) is 3.29. The van der Waals surface area contributed by atoms with E-state index in [1.807, 2.05) is 30.2 Å². The number of unbranched alkanes of at least 4 members (excludes halogenated alkanes) is 1.